The molecule has 0 saturated carbocycles. The molecule has 0 unspecified atom stereocenters. The fraction of sp³-hybridized carbons (Fsp3) is 0.100. The monoisotopic (exact) mass is 236 g/mol. The van der Waals surface area contributed by atoms with Gasteiger partial charge in [-0.3, -0.25) is 10.2 Å². The lowest BCUT2D eigenvalue weighted by Crippen LogP contribution is -2.22. The molecular weight excluding hydrogens is 228 g/mol. The number of anilines is 1. The van der Waals surface area contributed by atoms with Crippen LogP contribution in [0.2, 0.25) is 5.02 Å². The fourth-order valence-electron chi connectivity index (χ4n) is 0.980. The van der Waals surface area contributed by atoms with Gasteiger partial charge < -0.3 is 5.73 Å². The summed E-state index contributed by atoms with van der Waals surface area (Å²) in [5.41, 5.74) is 8.48. The minimum atomic E-state index is -0.880. The van der Waals surface area contributed by atoms with E-state index in [1.54, 1.807) is 31.2 Å². The van der Waals surface area contributed by atoms with Crippen LogP contribution in [-0.2, 0) is 4.79 Å². The zero-order valence-corrected chi connectivity index (χ0v) is 9.25. The van der Waals surface area contributed by atoms with Gasteiger partial charge in [-0.15, -0.1) is 0 Å². The van der Waals surface area contributed by atoms with Crippen molar-refractivity contribution >= 4 is 28.9 Å². The second kappa shape index (κ2) is 5.14. The molecule has 0 fully saturated rings. The van der Waals surface area contributed by atoms with Gasteiger partial charge in [-0.2, -0.15) is 10.4 Å². The van der Waals surface area contributed by atoms with Crippen LogP contribution < -0.4 is 11.2 Å². The summed E-state index contributed by atoms with van der Waals surface area (Å²) in [5.74, 6) is -0.880. The number of nitrogens with one attached hydrogen (secondary N) is 1. The molecule has 0 aliphatic heterocycles. The highest BCUT2D eigenvalue weighted by Gasteiger charge is 2.06. The molecule has 0 aromatic heterocycles. The highest BCUT2D eigenvalue weighted by molar-refractivity contribution is 6.44. The first kappa shape index (κ1) is 12.0. The average molecular weight is 237 g/mol. The molecule has 1 aromatic carbocycles. The van der Waals surface area contributed by atoms with E-state index in [1.165, 1.54) is 0 Å². The van der Waals surface area contributed by atoms with Gasteiger partial charge in [-0.05, 0) is 24.6 Å². The van der Waals surface area contributed by atoms with Gasteiger partial charge in [0, 0.05) is 5.02 Å². The smallest absolute Gasteiger partial charge is 0.280 e. The van der Waals surface area contributed by atoms with Crippen LogP contribution in [0.3, 0.4) is 0 Å². The standard InChI is InChI=1S/C10H9ClN4O/c1-6-7(11)3-2-4-8(6)14-15-9(5-12)10(13)16/h2-4,14H,1H3,(H2,13,16). The Morgan fingerprint density at radius 2 is 2.31 bits per heavy atom. The molecule has 0 spiro atoms. The normalized spacial score (nSPS) is 10.7. The number of rotatable bonds is 3. The third-order valence-electron chi connectivity index (χ3n) is 1.90. The van der Waals surface area contributed by atoms with Gasteiger partial charge in [-0.1, -0.05) is 17.7 Å². The first-order valence-electron chi connectivity index (χ1n) is 4.35. The van der Waals surface area contributed by atoms with Crippen LogP contribution in [-0.4, -0.2) is 11.6 Å². The van der Waals surface area contributed by atoms with Crippen molar-refractivity contribution in [3.8, 4) is 6.07 Å². The molecule has 0 bridgehead atoms. The van der Waals surface area contributed by atoms with Crippen molar-refractivity contribution in [1.29, 1.82) is 5.26 Å². The molecule has 1 aromatic rings. The van der Waals surface area contributed by atoms with E-state index in [2.05, 4.69) is 10.5 Å². The molecule has 0 heterocycles. The molecule has 0 aliphatic rings. The molecule has 1 amide bonds. The number of amides is 1. The Kier molecular flexibility index (Phi) is 3.86. The number of hydrazone groups is 1. The van der Waals surface area contributed by atoms with E-state index >= 15 is 0 Å². The third kappa shape index (κ3) is 2.72. The summed E-state index contributed by atoms with van der Waals surface area (Å²) < 4.78 is 0. The van der Waals surface area contributed by atoms with Gasteiger partial charge in [-0.25, -0.2) is 0 Å². The molecule has 82 valence electrons. The largest absolute Gasteiger partial charge is 0.364 e. The van der Waals surface area contributed by atoms with Crippen molar-refractivity contribution in [3.05, 3.63) is 28.8 Å². The average Bonchev–Trinajstić information content (AvgIpc) is 2.24. The van der Waals surface area contributed by atoms with Crippen molar-refractivity contribution in [3.63, 3.8) is 0 Å². The van der Waals surface area contributed by atoms with Crippen molar-refractivity contribution in [2.24, 2.45) is 10.8 Å². The molecule has 6 heteroatoms. The number of nitriles is 1. The van der Waals surface area contributed by atoms with Crippen LogP contribution in [0.5, 0.6) is 0 Å². The SMILES string of the molecule is Cc1c(Cl)cccc1NN=C(C#N)C(N)=O. The number of carbonyl (C=O) groups excluding carboxylic acids is 1. The number of hydrogen-bond acceptors (Lipinski definition) is 4. The molecule has 5 nitrogen and oxygen atoms in total. The lowest BCUT2D eigenvalue weighted by Gasteiger charge is -2.05. The van der Waals surface area contributed by atoms with Crippen LogP contribution >= 0.6 is 11.6 Å². The second-order valence-electron chi connectivity index (χ2n) is 2.96. The van der Waals surface area contributed by atoms with Gasteiger partial charge >= 0.3 is 0 Å². The number of primary amides is 1. The predicted molar refractivity (Wildman–Crippen MR) is 62.1 cm³/mol. The minimum Gasteiger partial charge on any atom is -0.364 e. The second-order valence-corrected chi connectivity index (χ2v) is 3.37. The molecule has 0 radical (unpaired) electrons. The summed E-state index contributed by atoms with van der Waals surface area (Å²) in [5, 5.41) is 12.7. The van der Waals surface area contributed by atoms with Crippen molar-refractivity contribution in [2.45, 2.75) is 6.92 Å². The number of nitrogens with zero attached hydrogens (tertiary/aromatic N) is 2. The molecule has 3 N–H and O–H groups in total. The summed E-state index contributed by atoms with van der Waals surface area (Å²) in [6, 6.07) is 6.76. The van der Waals surface area contributed by atoms with Gasteiger partial charge in [0.25, 0.3) is 5.91 Å². The summed E-state index contributed by atoms with van der Waals surface area (Å²) >= 11 is 5.88. The summed E-state index contributed by atoms with van der Waals surface area (Å²) in [4.78, 5) is 10.7. The van der Waals surface area contributed by atoms with E-state index in [4.69, 9.17) is 22.6 Å². The number of benzene rings is 1. The van der Waals surface area contributed by atoms with Crippen LogP contribution in [0, 0.1) is 18.3 Å². The van der Waals surface area contributed by atoms with Crippen LogP contribution in [0.25, 0.3) is 0 Å². The van der Waals surface area contributed by atoms with Crippen molar-refractivity contribution in [1.82, 2.24) is 0 Å². The summed E-state index contributed by atoms with van der Waals surface area (Å²) in [6.45, 7) is 1.79. The maximum Gasteiger partial charge on any atom is 0.280 e. The Labute approximate surface area is 97.5 Å². The first-order chi connectivity index (χ1) is 7.56. The van der Waals surface area contributed by atoms with Crippen LogP contribution in [0.1, 0.15) is 5.56 Å². The summed E-state index contributed by atoms with van der Waals surface area (Å²) in [6.07, 6.45) is 0. The Balaban J connectivity index is 2.95. The molecular formula is C10H9ClN4O. The maximum atomic E-state index is 10.7. The zero-order valence-electron chi connectivity index (χ0n) is 8.49. The molecule has 16 heavy (non-hydrogen) atoms. The number of carbonyl (C=O) groups is 1. The van der Waals surface area contributed by atoms with E-state index in [0.717, 1.165) is 5.56 Å². The number of halogens is 1. The Bertz CT molecular complexity index is 490. The summed E-state index contributed by atoms with van der Waals surface area (Å²) in [7, 11) is 0. The molecule has 0 aliphatic carbocycles. The van der Waals surface area contributed by atoms with Gasteiger partial charge in [0.15, 0.2) is 0 Å². The van der Waals surface area contributed by atoms with Crippen molar-refractivity contribution in [2.75, 3.05) is 5.43 Å². The Hall–Kier alpha value is -2.06. The fourth-order valence-corrected chi connectivity index (χ4v) is 1.15. The lowest BCUT2D eigenvalue weighted by molar-refractivity contribution is -0.111. The number of nitrogens with two attached hydrogens (primary N) is 1. The van der Waals surface area contributed by atoms with Gasteiger partial charge in [0.2, 0.25) is 5.71 Å². The Morgan fingerprint density at radius 3 is 2.88 bits per heavy atom. The molecule has 0 saturated heterocycles. The zero-order chi connectivity index (χ0) is 12.1. The molecule has 1 rings (SSSR count). The number of hydrogen-bond donors (Lipinski definition) is 2. The first-order valence-corrected chi connectivity index (χ1v) is 4.72. The lowest BCUT2D eigenvalue weighted by atomic mass is 10.2. The van der Waals surface area contributed by atoms with Crippen molar-refractivity contribution < 1.29 is 4.79 Å². The highest BCUT2D eigenvalue weighted by Crippen LogP contribution is 2.22. The predicted octanol–water partition coefficient (Wildman–Crippen LogP) is 1.43. The van der Waals surface area contributed by atoms with Gasteiger partial charge in [0.05, 0.1) is 5.69 Å². The van der Waals surface area contributed by atoms with E-state index in [0.29, 0.717) is 10.7 Å². The maximum absolute atomic E-state index is 10.7. The van der Waals surface area contributed by atoms with E-state index < -0.39 is 5.91 Å². The van der Waals surface area contributed by atoms with Crippen LogP contribution in [0.15, 0.2) is 23.3 Å². The Morgan fingerprint density at radius 1 is 1.62 bits per heavy atom. The van der Waals surface area contributed by atoms with Gasteiger partial charge in [0.1, 0.15) is 6.07 Å². The highest BCUT2D eigenvalue weighted by atomic mass is 35.5. The van der Waals surface area contributed by atoms with Crippen LogP contribution in [0.4, 0.5) is 5.69 Å². The van der Waals surface area contributed by atoms with E-state index in [1.807, 2.05) is 0 Å². The quantitative estimate of drug-likeness (QED) is 0.614. The minimum absolute atomic E-state index is 0.389. The molecule has 0 atom stereocenters. The third-order valence-corrected chi connectivity index (χ3v) is 2.30. The van der Waals surface area contributed by atoms with E-state index in [-0.39, 0.29) is 5.71 Å². The van der Waals surface area contributed by atoms with E-state index in [9.17, 15) is 4.79 Å². The topological polar surface area (TPSA) is 91.3 Å².